The lowest BCUT2D eigenvalue weighted by atomic mass is 10.1. The molecule has 1 aliphatic carbocycles. The van der Waals surface area contributed by atoms with Gasteiger partial charge in [-0.25, -0.2) is 9.78 Å². The van der Waals surface area contributed by atoms with Gasteiger partial charge in [0.15, 0.2) is 0 Å². The highest BCUT2D eigenvalue weighted by Gasteiger charge is 2.19. The molecule has 18 heavy (non-hydrogen) atoms. The SMILES string of the molecule is CN(CC1CCCC1)c1ncc(C(=O)O)cc1Cl. The predicted octanol–water partition coefficient (Wildman–Crippen LogP) is 3.06. The number of anilines is 1. The fraction of sp³-hybridized carbons (Fsp3) is 0.538. The van der Waals surface area contributed by atoms with Gasteiger partial charge in [0, 0.05) is 19.8 Å². The molecule has 1 aromatic heterocycles. The molecule has 5 heteroatoms. The van der Waals surface area contributed by atoms with E-state index in [1.54, 1.807) is 0 Å². The van der Waals surface area contributed by atoms with E-state index in [1.807, 2.05) is 11.9 Å². The zero-order valence-electron chi connectivity index (χ0n) is 10.4. The molecule has 0 aliphatic heterocycles. The molecule has 98 valence electrons. The van der Waals surface area contributed by atoms with Crippen LogP contribution in [0.4, 0.5) is 5.82 Å². The fourth-order valence-electron chi connectivity index (χ4n) is 2.50. The molecule has 0 unspecified atom stereocenters. The summed E-state index contributed by atoms with van der Waals surface area (Å²) in [5.41, 5.74) is 0.123. The molecule has 0 aromatic carbocycles. The van der Waals surface area contributed by atoms with E-state index in [9.17, 15) is 4.79 Å². The topological polar surface area (TPSA) is 53.4 Å². The normalized spacial score (nSPS) is 15.9. The van der Waals surface area contributed by atoms with Gasteiger partial charge in [-0.2, -0.15) is 0 Å². The number of carboxylic acids is 1. The van der Waals surface area contributed by atoms with Crippen LogP contribution < -0.4 is 4.90 Å². The summed E-state index contributed by atoms with van der Waals surface area (Å²) in [5, 5.41) is 9.25. The molecule has 1 heterocycles. The summed E-state index contributed by atoms with van der Waals surface area (Å²) in [7, 11) is 1.95. The predicted molar refractivity (Wildman–Crippen MR) is 71.4 cm³/mol. The monoisotopic (exact) mass is 268 g/mol. The van der Waals surface area contributed by atoms with Gasteiger partial charge in [-0.15, -0.1) is 0 Å². The average molecular weight is 269 g/mol. The molecule has 1 aromatic rings. The van der Waals surface area contributed by atoms with E-state index in [0.717, 1.165) is 6.54 Å². The first kappa shape index (κ1) is 13.1. The molecule has 0 radical (unpaired) electrons. The van der Waals surface area contributed by atoms with Crippen LogP contribution in [-0.2, 0) is 0 Å². The quantitative estimate of drug-likeness (QED) is 0.912. The summed E-state index contributed by atoms with van der Waals surface area (Å²) in [6, 6.07) is 1.46. The minimum absolute atomic E-state index is 0.123. The number of carbonyl (C=O) groups is 1. The summed E-state index contributed by atoms with van der Waals surface area (Å²) in [4.78, 5) is 17.0. The Hall–Kier alpha value is -1.29. The van der Waals surface area contributed by atoms with Gasteiger partial charge in [-0.3, -0.25) is 0 Å². The maximum Gasteiger partial charge on any atom is 0.337 e. The number of rotatable bonds is 4. The van der Waals surface area contributed by atoms with Gasteiger partial charge in [-0.1, -0.05) is 24.4 Å². The second-order valence-corrected chi connectivity index (χ2v) is 5.27. The van der Waals surface area contributed by atoms with Crippen molar-refractivity contribution in [2.24, 2.45) is 5.92 Å². The average Bonchev–Trinajstić information content (AvgIpc) is 2.81. The van der Waals surface area contributed by atoms with Crippen LogP contribution in [0.3, 0.4) is 0 Å². The van der Waals surface area contributed by atoms with E-state index in [0.29, 0.717) is 16.8 Å². The Morgan fingerprint density at radius 1 is 1.56 bits per heavy atom. The van der Waals surface area contributed by atoms with Crippen molar-refractivity contribution in [3.05, 3.63) is 22.8 Å². The van der Waals surface area contributed by atoms with Gasteiger partial charge in [-0.05, 0) is 24.8 Å². The van der Waals surface area contributed by atoms with Crippen LogP contribution in [-0.4, -0.2) is 29.7 Å². The van der Waals surface area contributed by atoms with Crippen molar-refractivity contribution in [1.29, 1.82) is 0 Å². The van der Waals surface area contributed by atoms with Crippen LogP contribution in [0, 0.1) is 5.92 Å². The van der Waals surface area contributed by atoms with Crippen LogP contribution in [0.15, 0.2) is 12.3 Å². The largest absolute Gasteiger partial charge is 0.478 e. The summed E-state index contributed by atoms with van der Waals surface area (Å²) < 4.78 is 0. The highest BCUT2D eigenvalue weighted by molar-refractivity contribution is 6.33. The zero-order chi connectivity index (χ0) is 13.1. The number of carboxylic acid groups (broad SMARTS) is 1. The number of halogens is 1. The van der Waals surface area contributed by atoms with Crippen LogP contribution in [0.1, 0.15) is 36.0 Å². The number of pyridine rings is 1. The first-order chi connectivity index (χ1) is 8.58. The van der Waals surface area contributed by atoms with E-state index in [2.05, 4.69) is 4.98 Å². The Morgan fingerprint density at radius 2 is 2.22 bits per heavy atom. The Kier molecular flexibility index (Phi) is 4.07. The number of aromatic carboxylic acids is 1. The van der Waals surface area contributed by atoms with Gasteiger partial charge in [0.25, 0.3) is 0 Å². The molecule has 1 N–H and O–H groups in total. The second-order valence-electron chi connectivity index (χ2n) is 4.87. The maximum atomic E-state index is 10.8. The minimum atomic E-state index is -1.01. The molecule has 0 saturated heterocycles. The molecule has 1 aliphatic rings. The molecule has 0 amide bonds. The van der Waals surface area contributed by atoms with Crippen molar-refractivity contribution >= 4 is 23.4 Å². The lowest BCUT2D eigenvalue weighted by molar-refractivity contribution is 0.0696. The molecule has 0 bridgehead atoms. The van der Waals surface area contributed by atoms with Crippen molar-refractivity contribution < 1.29 is 9.90 Å². The first-order valence-electron chi connectivity index (χ1n) is 6.18. The third-order valence-electron chi connectivity index (χ3n) is 3.44. The number of nitrogens with zero attached hydrogens (tertiary/aromatic N) is 2. The van der Waals surface area contributed by atoms with Gasteiger partial charge in [0.1, 0.15) is 5.82 Å². The first-order valence-corrected chi connectivity index (χ1v) is 6.55. The Morgan fingerprint density at radius 3 is 2.78 bits per heavy atom. The third-order valence-corrected chi connectivity index (χ3v) is 3.72. The smallest absolute Gasteiger partial charge is 0.337 e. The molecule has 1 fully saturated rings. The molecule has 4 nitrogen and oxygen atoms in total. The summed E-state index contributed by atoms with van der Waals surface area (Å²) >= 11 is 6.09. The van der Waals surface area contributed by atoms with Crippen molar-refractivity contribution in [2.75, 3.05) is 18.5 Å². The zero-order valence-corrected chi connectivity index (χ0v) is 11.2. The van der Waals surface area contributed by atoms with E-state index in [4.69, 9.17) is 16.7 Å². The van der Waals surface area contributed by atoms with E-state index >= 15 is 0 Å². The molecule has 0 spiro atoms. The van der Waals surface area contributed by atoms with Gasteiger partial charge < -0.3 is 10.0 Å². The van der Waals surface area contributed by atoms with Crippen LogP contribution in [0.25, 0.3) is 0 Å². The summed E-state index contributed by atoms with van der Waals surface area (Å²) in [6.07, 6.45) is 6.48. The molecular weight excluding hydrogens is 252 g/mol. The molecule has 0 atom stereocenters. The van der Waals surface area contributed by atoms with Crippen molar-refractivity contribution in [3.63, 3.8) is 0 Å². The van der Waals surface area contributed by atoms with Crippen molar-refractivity contribution in [1.82, 2.24) is 4.98 Å². The maximum absolute atomic E-state index is 10.8. The van der Waals surface area contributed by atoms with E-state index in [1.165, 1.54) is 37.9 Å². The van der Waals surface area contributed by atoms with Gasteiger partial charge in [0.05, 0.1) is 10.6 Å². The second kappa shape index (κ2) is 5.57. The standard InChI is InChI=1S/C13H17ClN2O2/c1-16(8-9-4-2-3-5-9)12-11(14)6-10(7-15-12)13(17)18/h6-7,9H,2-5,8H2,1H3,(H,17,18). The number of hydrogen-bond donors (Lipinski definition) is 1. The Labute approximate surface area is 112 Å². The Balaban J connectivity index is 2.09. The summed E-state index contributed by atoms with van der Waals surface area (Å²) in [6.45, 7) is 0.930. The van der Waals surface area contributed by atoms with Gasteiger partial charge in [0.2, 0.25) is 0 Å². The fourth-order valence-corrected chi connectivity index (χ4v) is 2.81. The van der Waals surface area contributed by atoms with E-state index < -0.39 is 5.97 Å². The third kappa shape index (κ3) is 2.93. The van der Waals surface area contributed by atoms with Gasteiger partial charge >= 0.3 is 5.97 Å². The van der Waals surface area contributed by atoms with Crippen molar-refractivity contribution in [3.8, 4) is 0 Å². The highest BCUT2D eigenvalue weighted by Crippen LogP contribution is 2.29. The number of aromatic nitrogens is 1. The lowest BCUT2D eigenvalue weighted by Crippen LogP contribution is -2.25. The molecule has 1 saturated carbocycles. The van der Waals surface area contributed by atoms with Crippen LogP contribution in [0.2, 0.25) is 5.02 Å². The van der Waals surface area contributed by atoms with Crippen LogP contribution >= 0.6 is 11.6 Å². The number of hydrogen-bond acceptors (Lipinski definition) is 3. The molecule has 2 rings (SSSR count). The minimum Gasteiger partial charge on any atom is -0.478 e. The molecular formula is C13H17ClN2O2. The highest BCUT2D eigenvalue weighted by atomic mass is 35.5. The Bertz CT molecular complexity index is 445. The van der Waals surface area contributed by atoms with E-state index in [-0.39, 0.29) is 5.56 Å². The summed E-state index contributed by atoms with van der Waals surface area (Å²) in [5.74, 6) is 0.356. The van der Waals surface area contributed by atoms with Crippen LogP contribution in [0.5, 0.6) is 0 Å². The van der Waals surface area contributed by atoms with Crippen molar-refractivity contribution in [2.45, 2.75) is 25.7 Å². The lowest BCUT2D eigenvalue weighted by Gasteiger charge is -2.22.